The van der Waals surface area contributed by atoms with Gasteiger partial charge in [-0.15, -0.1) is 0 Å². The monoisotopic (exact) mass is 1610 g/mol. The third kappa shape index (κ3) is 23.4. The highest BCUT2D eigenvalue weighted by Gasteiger charge is 2.41. The zero-order chi connectivity index (χ0) is 77.8. The summed E-state index contributed by atoms with van der Waals surface area (Å²) in [5, 5.41) is 23.6. The van der Waals surface area contributed by atoms with Gasteiger partial charge in [0, 0.05) is 78.5 Å². The summed E-state index contributed by atoms with van der Waals surface area (Å²) in [6.07, 6.45) is 19.1. The summed E-state index contributed by atoms with van der Waals surface area (Å²) in [4.78, 5) is 67.9. The first-order chi connectivity index (χ1) is 53.0. The van der Waals surface area contributed by atoms with Gasteiger partial charge in [-0.05, 0) is 231 Å². The summed E-state index contributed by atoms with van der Waals surface area (Å²) in [6.45, 7) is 7.94. The van der Waals surface area contributed by atoms with Crippen molar-refractivity contribution < 1.29 is 33.7 Å². The molecule has 4 aliphatic rings. The lowest BCUT2D eigenvalue weighted by atomic mass is 9.96. The fraction of sp³-hybridized carbons (Fsp3) is 0.393. The molecule has 0 radical (unpaired) electrons. The molecule has 0 spiro atoms. The Hall–Kier alpha value is -8.25. The number of aliphatic hydroxyl groups excluding tert-OH is 1. The molecule has 6 aromatic carbocycles. The molecular weight excluding hydrogens is 1520 g/mol. The molecule has 10 N–H and O–H groups in total. The fourth-order valence-corrected chi connectivity index (χ4v) is 15.8. The topological polar surface area (TPSA) is 294 Å². The first-order valence-electron chi connectivity index (χ1n) is 37.6. The molecule has 1 amide bonds. The van der Waals surface area contributed by atoms with E-state index < -0.39 is 17.7 Å². The maximum Gasteiger partial charge on any atom is 0.411 e. The van der Waals surface area contributed by atoms with Gasteiger partial charge in [-0.3, -0.25) is 9.69 Å². The number of hydrogen-bond donors (Lipinski definition) is 7. The second-order valence-electron chi connectivity index (χ2n) is 29.2. The van der Waals surface area contributed by atoms with Crippen molar-refractivity contribution in [1.29, 1.82) is 0 Å². The van der Waals surface area contributed by atoms with Gasteiger partial charge in [0.1, 0.15) is 47.3 Å². The first-order valence-corrected chi connectivity index (χ1v) is 39.9. The molecule has 2 aliphatic carbocycles. The van der Waals surface area contributed by atoms with E-state index in [0.717, 1.165) is 138 Å². The zero-order valence-electron chi connectivity index (χ0n) is 62.1. The second-order valence-corrected chi connectivity index (χ2v) is 31.7. The summed E-state index contributed by atoms with van der Waals surface area (Å²) in [5.41, 5.74) is 30.4. The lowest BCUT2D eigenvalue weighted by molar-refractivity contribution is -0.156. The Morgan fingerprint density at radius 1 is 0.500 bits per heavy atom. The molecule has 580 valence electrons. The summed E-state index contributed by atoms with van der Waals surface area (Å²) >= 11 is 37.8. The number of nitrogens with one attached hydrogen (secondary N) is 3. The molecule has 5 heterocycles. The van der Waals surface area contributed by atoms with E-state index in [-0.39, 0.29) is 48.9 Å². The Morgan fingerprint density at radius 3 is 1.27 bits per heavy atom. The molecule has 2 aliphatic heterocycles. The van der Waals surface area contributed by atoms with Crippen molar-refractivity contribution in [1.82, 2.24) is 50.8 Å². The van der Waals surface area contributed by atoms with E-state index in [9.17, 15) is 19.5 Å². The van der Waals surface area contributed by atoms with Crippen LogP contribution in [-0.2, 0) is 82.0 Å². The Morgan fingerprint density at radius 2 is 0.873 bits per heavy atom. The van der Waals surface area contributed by atoms with E-state index in [4.69, 9.17) is 111 Å². The average Bonchev–Trinajstić information content (AvgIpc) is 1.09. The van der Waals surface area contributed by atoms with Crippen LogP contribution in [0.5, 0.6) is 0 Å². The van der Waals surface area contributed by atoms with E-state index in [2.05, 4.69) is 54.1 Å². The van der Waals surface area contributed by atoms with Crippen molar-refractivity contribution in [2.45, 2.75) is 198 Å². The van der Waals surface area contributed by atoms with E-state index in [1.165, 1.54) is 0 Å². The number of hydrogen-bond acceptors (Lipinski definition) is 19. The number of carbonyl (C=O) groups is 3. The molecule has 9 aromatic rings. The number of aliphatic hydroxyl groups is 1. The number of carbonyl (C=O) groups excluding carboxylic acids is 3. The van der Waals surface area contributed by atoms with Crippen LogP contribution in [0.2, 0.25) is 30.1 Å². The van der Waals surface area contributed by atoms with Gasteiger partial charge in [-0.1, -0.05) is 142 Å². The van der Waals surface area contributed by atoms with Crippen molar-refractivity contribution in [3.8, 4) is 33.8 Å². The Labute approximate surface area is 673 Å². The number of nitrogen functional groups attached to an aromatic ring is 3. The minimum Gasteiger partial charge on any atom is -0.461 e. The molecule has 2 saturated carbocycles. The number of nitrogens with zero attached hydrogens (tertiary/aromatic N) is 7. The number of amides is 1. The predicted octanol–water partition coefficient (Wildman–Crippen LogP) is 17.0. The molecule has 26 heteroatoms. The largest absolute Gasteiger partial charge is 0.461 e. The summed E-state index contributed by atoms with van der Waals surface area (Å²) in [6, 6.07) is 39.6. The smallest absolute Gasteiger partial charge is 0.411 e. The molecule has 20 nitrogen and oxygen atoms in total. The molecule has 4 atom stereocenters. The number of nitrogens with two attached hydrogens (primary N) is 3. The number of halogens is 6. The molecule has 2 saturated heterocycles. The number of esters is 2. The predicted molar refractivity (Wildman–Crippen MR) is 438 cm³/mol. The van der Waals surface area contributed by atoms with Crippen LogP contribution in [0.15, 0.2) is 146 Å². The van der Waals surface area contributed by atoms with Crippen LogP contribution in [0.1, 0.15) is 148 Å². The molecular formula is C84H95Cl6N13O7. The van der Waals surface area contributed by atoms with Crippen molar-refractivity contribution >= 4 is 105 Å². The number of piperidine rings is 2. The highest BCUT2D eigenvalue weighted by Crippen LogP contribution is 2.33. The first kappa shape index (κ1) is 82.7. The number of rotatable bonds is 23. The van der Waals surface area contributed by atoms with Gasteiger partial charge in [0.25, 0.3) is 0 Å². The summed E-state index contributed by atoms with van der Waals surface area (Å²) in [5.74, 6) is 0.728. The van der Waals surface area contributed by atoms with Gasteiger partial charge in [0.05, 0.1) is 59.4 Å². The highest BCUT2D eigenvalue weighted by molar-refractivity contribution is 6.37. The Kier molecular flexibility index (Phi) is 29.9. The van der Waals surface area contributed by atoms with Crippen LogP contribution in [-0.4, -0.2) is 113 Å². The maximum atomic E-state index is 13.3. The third-order valence-corrected chi connectivity index (χ3v) is 22.2. The Balaban J connectivity index is 0.000000170. The number of likely N-dealkylation sites (tertiary alicyclic amines) is 1. The minimum absolute atomic E-state index is 0.0167. The normalized spacial score (nSPS) is 17.3. The number of aryl methyl sites for hydroxylation is 3. The van der Waals surface area contributed by atoms with E-state index >= 15 is 0 Å². The van der Waals surface area contributed by atoms with Crippen molar-refractivity contribution in [2.75, 3.05) is 30.3 Å². The van der Waals surface area contributed by atoms with Gasteiger partial charge < -0.3 is 52.5 Å². The number of benzene rings is 6. The summed E-state index contributed by atoms with van der Waals surface area (Å²) < 4.78 is 17.2. The maximum absolute atomic E-state index is 13.3. The van der Waals surface area contributed by atoms with Gasteiger partial charge in [0.15, 0.2) is 0 Å². The van der Waals surface area contributed by atoms with Crippen molar-refractivity contribution in [3.63, 3.8) is 0 Å². The zero-order valence-corrected chi connectivity index (χ0v) is 66.6. The van der Waals surface area contributed by atoms with Crippen LogP contribution >= 0.6 is 69.6 Å². The van der Waals surface area contributed by atoms with Crippen molar-refractivity contribution in [3.05, 3.63) is 227 Å². The molecule has 0 bridgehead atoms. The van der Waals surface area contributed by atoms with Crippen LogP contribution in [0.4, 0.5) is 22.2 Å². The second kappa shape index (κ2) is 39.8. The lowest BCUT2D eigenvalue weighted by Crippen LogP contribution is -2.55. The number of ether oxygens (including phenoxy) is 3. The SMILES string of the molecule is CC(C)(C)OC(=O)N1CCC(NCc2cccc(-c3cnc(N)c(CCc4c(Cl)cccc4Cl)n3)c2)CC1C(=O)OC1CCCC1.Nc1ncc(-c2cccc(CNC3CCNC(C(=O)OC4CCCC4)C3)c2)nc1CCc1c(Cl)cccc1Cl.Nc1ncc(-c2cccc(CO)c2)nc1CCc1c(Cl)cccc1Cl. The number of aromatic nitrogens is 6. The van der Waals surface area contributed by atoms with Gasteiger partial charge >= 0.3 is 18.0 Å². The van der Waals surface area contributed by atoms with E-state index in [1.807, 2.05) is 130 Å². The highest BCUT2D eigenvalue weighted by atomic mass is 35.5. The lowest BCUT2D eigenvalue weighted by Gasteiger charge is -2.39. The van der Waals surface area contributed by atoms with Crippen LogP contribution in [0.25, 0.3) is 33.8 Å². The third-order valence-electron chi connectivity index (χ3n) is 20.1. The summed E-state index contributed by atoms with van der Waals surface area (Å²) in [7, 11) is 0. The van der Waals surface area contributed by atoms with E-state index in [1.54, 1.807) is 23.5 Å². The minimum atomic E-state index is -0.697. The molecule has 110 heavy (non-hydrogen) atoms. The molecule has 13 rings (SSSR count). The molecule has 4 unspecified atom stereocenters. The van der Waals surface area contributed by atoms with Gasteiger partial charge in [-0.25, -0.2) is 39.5 Å². The van der Waals surface area contributed by atoms with Gasteiger partial charge in [0.2, 0.25) is 0 Å². The van der Waals surface area contributed by atoms with Crippen LogP contribution < -0.4 is 33.2 Å². The molecule has 3 aromatic heterocycles. The number of anilines is 3. The average molecular weight is 1610 g/mol. The van der Waals surface area contributed by atoms with Crippen molar-refractivity contribution in [2.24, 2.45) is 0 Å². The standard InChI is InChI=1S/C35H43Cl2N5O4.C30H35Cl2N5O2.C19H17Cl2N3O/c1-35(2,3)46-34(44)42-17-16-24(19-31(42)33(43)45-25-10-4-5-11-25)39-20-22-8-6-9-23(18-22)30-21-40-32(38)29(41-30)15-14-26-27(36)12-7-13-28(26)37;31-24-9-4-10-25(32)23(24)11-12-26-29(33)36-18-28(37-26)20-6-3-5-19(15-20)17-35-21-13-14-34-27(16-21)30(38)39-22-7-1-2-8-22;20-15-5-2-6-16(21)14(15)7-8-17-19(22)23-10-18(24-17)13-4-1-3-12(9-13)11-25/h6-9,12-13,18,21,24-25,31,39H,4-5,10-11,14-17,19-20H2,1-3H3,(H2,38,40);3-6,9-10,15,18,21-22,27,34-35H,1-2,7-8,11-14,16-17H2,(H2,33,36);1-6,9-10,25H,7-8,11H2,(H2,22,23). The fourth-order valence-electron chi connectivity index (χ4n) is 14.1. The van der Waals surface area contributed by atoms with Crippen LogP contribution in [0.3, 0.4) is 0 Å². The Bertz CT molecular complexity index is 4580. The van der Waals surface area contributed by atoms with Crippen LogP contribution in [0, 0.1) is 0 Å². The quantitative estimate of drug-likeness (QED) is 0.0231. The molecule has 4 fully saturated rings. The van der Waals surface area contributed by atoms with Gasteiger partial charge in [-0.2, -0.15) is 0 Å². The van der Waals surface area contributed by atoms with E-state index in [0.29, 0.717) is 136 Å².